The fourth-order valence-electron chi connectivity index (χ4n) is 2.80. The van der Waals surface area contributed by atoms with E-state index in [0.717, 1.165) is 29.5 Å². The van der Waals surface area contributed by atoms with Crippen molar-refractivity contribution in [2.45, 2.75) is 31.7 Å². The molecule has 1 atom stereocenters. The minimum Gasteiger partial charge on any atom is -0.363 e. The Kier molecular flexibility index (Phi) is 5.32. The summed E-state index contributed by atoms with van der Waals surface area (Å²) in [6, 6.07) is 5.45. The monoisotopic (exact) mass is 408 g/mol. The molecule has 7 nitrogen and oxygen atoms in total. The van der Waals surface area contributed by atoms with E-state index < -0.39 is 21.7 Å². The molecule has 0 aliphatic carbocycles. The van der Waals surface area contributed by atoms with Crippen molar-refractivity contribution in [1.82, 2.24) is 10.1 Å². The van der Waals surface area contributed by atoms with Crippen LogP contribution in [-0.4, -0.2) is 18.6 Å². The predicted octanol–water partition coefficient (Wildman–Crippen LogP) is 3.94. The summed E-state index contributed by atoms with van der Waals surface area (Å²) < 4.78 is 58.4. The van der Waals surface area contributed by atoms with E-state index in [1.807, 2.05) is 13.8 Å². The van der Waals surface area contributed by atoms with E-state index in [9.17, 15) is 17.2 Å². The average Bonchev–Trinajstić information content (AvgIpc) is 2.97. The summed E-state index contributed by atoms with van der Waals surface area (Å²) in [5, 5.41) is 7.05. The number of hydrogen-bond acceptors (Lipinski definition) is 6. The van der Waals surface area contributed by atoms with Crippen LogP contribution in [-0.2, 0) is 10.0 Å². The van der Waals surface area contributed by atoms with Crippen molar-refractivity contribution in [2.75, 3.05) is 10.0 Å². The first-order chi connectivity index (χ1) is 13.2. The third-order valence-electron chi connectivity index (χ3n) is 4.10. The number of nitrogens with zero attached hydrogens (tertiary/aromatic N) is 2. The van der Waals surface area contributed by atoms with E-state index >= 15 is 0 Å². The number of aryl methyl sites for hydroxylation is 2. The van der Waals surface area contributed by atoms with Gasteiger partial charge in [-0.2, -0.15) is 0 Å². The zero-order valence-electron chi connectivity index (χ0n) is 15.3. The van der Waals surface area contributed by atoms with E-state index in [-0.39, 0.29) is 16.6 Å². The zero-order valence-corrected chi connectivity index (χ0v) is 16.1. The van der Waals surface area contributed by atoms with Gasteiger partial charge in [-0.05, 0) is 45.0 Å². The largest absolute Gasteiger partial charge is 0.363 e. The third kappa shape index (κ3) is 4.11. The van der Waals surface area contributed by atoms with Gasteiger partial charge in [0.2, 0.25) is 0 Å². The van der Waals surface area contributed by atoms with Gasteiger partial charge >= 0.3 is 0 Å². The minimum atomic E-state index is -4.00. The van der Waals surface area contributed by atoms with E-state index in [4.69, 9.17) is 4.52 Å². The van der Waals surface area contributed by atoms with Gasteiger partial charge in [-0.1, -0.05) is 5.16 Å². The Labute approximate surface area is 160 Å². The molecule has 0 saturated heterocycles. The van der Waals surface area contributed by atoms with Crippen LogP contribution in [0.15, 0.2) is 45.9 Å². The van der Waals surface area contributed by atoms with Crippen molar-refractivity contribution in [3.63, 3.8) is 0 Å². The molecule has 3 aromatic rings. The van der Waals surface area contributed by atoms with Gasteiger partial charge in [0.15, 0.2) is 11.6 Å². The first-order valence-electron chi connectivity index (χ1n) is 8.30. The van der Waals surface area contributed by atoms with Crippen molar-refractivity contribution in [2.24, 2.45) is 0 Å². The highest BCUT2D eigenvalue weighted by Gasteiger charge is 2.18. The predicted molar refractivity (Wildman–Crippen MR) is 99.4 cm³/mol. The second kappa shape index (κ2) is 7.55. The van der Waals surface area contributed by atoms with Crippen LogP contribution >= 0.6 is 0 Å². The Bertz CT molecular complexity index is 1080. The van der Waals surface area contributed by atoms with Crippen LogP contribution < -0.4 is 10.0 Å². The van der Waals surface area contributed by atoms with Gasteiger partial charge in [0.1, 0.15) is 16.5 Å². The number of aromatic nitrogens is 2. The standard InChI is InChI=1S/C18H18F2N4O3S/c1-10(18-11(2)23-27-12(18)3)22-17-7-5-14(9-21-17)28(25,26)24-13-4-6-15(19)16(20)8-13/h4-10,24H,1-3H3,(H,21,22). The summed E-state index contributed by atoms with van der Waals surface area (Å²) in [5.74, 6) is -1.06. The van der Waals surface area contributed by atoms with Gasteiger partial charge in [-0.15, -0.1) is 0 Å². The Balaban J connectivity index is 1.75. The Hall–Kier alpha value is -3.01. The molecule has 3 rings (SSSR count). The van der Waals surface area contributed by atoms with Gasteiger partial charge in [0.05, 0.1) is 17.4 Å². The molecule has 1 aromatic carbocycles. The maximum Gasteiger partial charge on any atom is 0.263 e. The van der Waals surface area contributed by atoms with Crippen LogP contribution in [0.5, 0.6) is 0 Å². The molecule has 148 valence electrons. The molecule has 1 unspecified atom stereocenters. The highest BCUT2D eigenvalue weighted by Crippen LogP contribution is 2.25. The maximum absolute atomic E-state index is 13.3. The zero-order chi connectivity index (χ0) is 20.5. The van der Waals surface area contributed by atoms with Crippen molar-refractivity contribution in [1.29, 1.82) is 0 Å². The fraction of sp³-hybridized carbons (Fsp3) is 0.222. The second-order valence-corrected chi connectivity index (χ2v) is 7.90. The van der Waals surface area contributed by atoms with Gasteiger partial charge in [0.25, 0.3) is 10.0 Å². The summed E-state index contributed by atoms with van der Waals surface area (Å²) >= 11 is 0. The number of rotatable bonds is 6. The van der Waals surface area contributed by atoms with Crippen LogP contribution in [0.25, 0.3) is 0 Å². The Morgan fingerprint density at radius 2 is 1.86 bits per heavy atom. The number of anilines is 2. The van der Waals surface area contributed by atoms with Crippen LogP contribution in [0.2, 0.25) is 0 Å². The number of benzene rings is 1. The van der Waals surface area contributed by atoms with Crippen LogP contribution in [0, 0.1) is 25.5 Å². The van der Waals surface area contributed by atoms with E-state index in [0.29, 0.717) is 11.6 Å². The van der Waals surface area contributed by atoms with Gasteiger partial charge in [0, 0.05) is 17.8 Å². The smallest absolute Gasteiger partial charge is 0.263 e. The van der Waals surface area contributed by atoms with Crippen LogP contribution in [0.4, 0.5) is 20.3 Å². The topological polar surface area (TPSA) is 97.1 Å². The molecule has 0 amide bonds. The molecule has 0 radical (unpaired) electrons. The third-order valence-corrected chi connectivity index (χ3v) is 5.47. The number of pyridine rings is 1. The summed E-state index contributed by atoms with van der Waals surface area (Å²) in [6.07, 6.45) is 1.17. The molecule has 28 heavy (non-hydrogen) atoms. The molecule has 0 aliphatic heterocycles. The lowest BCUT2D eigenvalue weighted by molar-refractivity contribution is 0.392. The lowest BCUT2D eigenvalue weighted by Crippen LogP contribution is -2.14. The minimum absolute atomic E-state index is 0.0897. The SMILES string of the molecule is Cc1noc(C)c1C(C)Nc1ccc(S(=O)(=O)Nc2ccc(F)c(F)c2)cn1. The normalized spacial score (nSPS) is 12.6. The maximum atomic E-state index is 13.3. The molecular formula is C18H18F2N4O3S. The Morgan fingerprint density at radius 1 is 1.11 bits per heavy atom. The molecule has 2 N–H and O–H groups in total. The average molecular weight is 408 g/mol. The number of sulfonamides is 1. The van der Waals surface area contributed by atoms with Gasteiger partial charge < -0.3 is 9.84 Å². The lowest BCUT2D eigenvalue weighted by Gasteiger charge is -2.15. The Morgan fingerprint density at radius 3 is 2.43 bits per heavy atom. The number of hydrogen-bond donors (Lipinski definition) is 2. The van der Waals surface area contributed by atoms with E-state index in [1.165, 1.54) is 18.3 Å². The molecule has 0 saturated carbocycles. The summed E-state index contributed by atoms with van der Waals surface area (Å²) in [4.78, 5) is 3.99. The number of nitrogens with one attached hydrogen (secondary N) is 2. The first-order valence-corrected chi connectivity index (χ1v) is 9.79. The fourth-order valence-corrected chi connectivity index (χ4v) is 3.79. The lowest BCUT2D eigenvalue weighted by atomic mass is 10.1. The molecule has 2 aromatic heterocycles. The molecule has 0 fully saturated rings. The van der Waals surface area contributed by atoms with Crippen molar-refractivity contribution >= 4 is 21.5 Å². The van der Waals surface area contributed by atoms with Crippen molar-refractivity contribution in [3.05, 3.63) is 65.2 Å². The van der Waals surface area contributed by atoms with Crippen LogP contribution in [0.3, 0.4) is 0 Å². The molecule has 0 aliphatic rings. The van der Waals surface area contributed by atoms with E-state index in [1.54, 1.807) is 6.92 Å². The quantitative estimate of drug-likeness (QED) is 0.641. The highest BCUT2D eigenvalue weighted by molar-refractivity contribution is 7.92. The first kappa shape index (κ1) is 19.7. The molecule has 10 heteroatoms. The summed E-state index contributed by atoms with van der Waals surface area (Å²) in [5.41, 5.74) is 1.57. The van der Waals surface area contributed by atoms with Crippen LogP contribution in [0.1, 0.15) is 30.0 Å². The molecule has 0 bridgehead atoms. The number of halogens is 2. The van der Waals surface area contributed by atoms with Crippen molar-refractivity contribution in [3.8, 4) is 0 Å². The van der Waals surface area contributed by atoms with E-state index in [2.05, 4.69) is 20.2 Å². The second-order valence-electron chi connectivity index (χ2n) is 6.22. The summed E-state index contributed by atoms with van der Waals surface area (Å²) in [7, 11) is -4.00. The highest BCUT2D eigenvalue weighted by atomic mass is 32.2. The van der Waals surface area contributed by atoms with Gasteiger partial charge in [-0.3, -0.25) is 4.72 Å². The molecule has 0 spiro atoms. The van der Waals surface area contributed by atoms with Gasteiger partial charge in [-0.25, -0.2) is 22.2 Å². The van der Waals surface area contributed by atoms with Crippen molar-refractivity contribution < 1.29 is 21.7 Å². The molecular weight excluding hydrogens is 390 g/mol. The summed E-state index contributed by atoms with van der Waals surface area (Å²) in [6.45, 7) is 5.54. The molecule has 2 heterocycles.